The summed E-state index contributed by atoms with van der Waals surface area (Å²) in [6.07, 6.45) is 0.898. The van der Waals surface area contributed by atoms with Crippen LogP contribution in [-0.4, -0.2) is 44.0 Å². The number of likely N-dealkylation sites (N-methyl/N-ethyl adjacent to an activating group) is 1. The second-order valence-corrected chi connectivity index (χ2v) is 9.14. The van der Waals surface area contributed by atoms with Crippen LogP contribution in [0.4, 0.5) is 8.78 Å². The third kappa shape index (κ3) is 6.17. The molecule has 0 fully saturated rings. The van der Waals surface area contributed by atoms with Crippen molar-refractivity contribution < 1.29 is 26.8 Å². The number of halogens is 2. The standard InChI is InChI=1S/C21H24F2N2O4S/c1-14(4-5-16-6-11-19(22)20(23)12-16)24-21(27)13-25(3)30(28,29)18-9-7-17(8-10-18)15(2)26/h6-12,14H,4-5,13H2,1-3H3,(H,24,27). The van der Waals surface area contributed by atoms with Crippen LogP contribution in [-0.2, 0) is 21.2 Å². The Bertz CT molecular complexity index is 1020. The lowest BCUT2D eigenvalue weighted by Gasteiger charge is -2.19. The average Bonchev–Trinajstić information content (AvgIpc) is 2.68. The number of carbonyl (C=O) groups is 2. The van der Waals surface area contributed by atoms with Gasteiger partial charge < -0.3 is 5.32 Å². The maximum atomic E-state index is 13.2. The highest BCUT2D eigenvalue weighted by Gasteiger charge is 2.23. The molecule has 6 nitrogen and oxygen atoms in total. The van der Waals surface area contributed by atoms with Gasteiger partial charge in [-0.05, 0) is 56.5 Å². The molecule has 0 bridgehead atoms. The van der Waals surface area contributed by atoms with Crippen molar-refractivity contribution in [3.63, 3.8) is 0 Å². The molecule has 2 aromatic rings. The molecule has 162 valence electrons. The van der Waals surface area contributed by atoms with E-state index in [1.54, 1.807) is 6.92 Å². The molecule has 1 amide bonds. The molecule has 1 atom stereocenters. The Balaban J connectivity index is 1.90. The molecule has 0 aliphatic heterocycles. The lowest BCUT2D eigenvalue weighted by atomic mass is 10.1. The summed E-state index contributed by atoms with van der Waals surface area (Å²) < 4.78 is 52.3. The van der Waals surface area contributed by atoms with E-state index < -0.39 is 27.6 Å². The van der Waals surface area contributed by atoms with E-state index >= 15 is 0 Å². The molecule has 0 radical (unpaired) electrons. The first-order valence-corrected chi connectivity index (χ1v) is 10.8. The van der Waals surface area contributed by atoms with Crippen molar-refractivity contribution in [1.29, 1.82) is 0 Å². The molecule has 0 aliphatic rings. The third-order valence-corrected chi connectivity index (χ3v) is 6.41. The lowest BCUT2D eigenvalue weighted by molar-refractivity contribution is -0.121. The van der Waals surface area contributed by atoms with E-state index in [0.29, 0.717) is 24.0 Å². The van der Waals surface area contributed by atoms with Crippen LogP contribution in [0.1, 0.15) is 36.2 Å². The predicted molar refractivity (Wildman–Crippen MR) is 109 cm³/mol. The van der Waals surface area contributed by atoms with Crippen molar-refractivity contribution in [2.75, 3.05) is 13.6 Å². The highest BCUT2D eigenvalue weighted by molar-refractivity contribution is 7.89. The zero-order valence-corrected chi connectivity index (χ0v) is 17.8. The Labute approximate surface area is 174 Å². The van der Waals surface area contributed by atoms with Gasteiger partial charge in [-0.1, -0.05) is 18.2 Å². The summed E-state index contributed by atoms with van der Waals surface area (Å²) in [7, 11) is -2.60. The van der Waals surface area contributed by atoms with Gasteiger partial charge in [0.15, 0.2) is 17.4 Å². The first-order chi connectivity index (χ1) is 14.0. The molecule has 1 N–H and O–H groups in total. The maximum absolute atomic E-state index is 13.2. The van der Waals surface area contributed by atoms with E-state index in [0.717, 1.165) is 16.4 Å². The van der Waals surface area contributed by atoms with E-state index in [9.17, 15) is 26.8 Å². The Morgan fingerprint density at radius 1 is 1.07 bits per heavy atom. The van der Waals surface area contributed by atoms with E-state index in [1.165, 1.54) is 44.3 Å². The maximum Gasteiger partial charge on any atom is 0.243 e. The summed E-state index contributed by atoms with van der Waals surface area (Å²) >= 11 is 0. The Morgan fingerprint density at radius 2 is 1.70 bits per heavy atom. The fourth-order valence-electron chi connectivity index (χ4n) is 2.80. The van der Waals surface area contributed by atoms with Crippen molar-refractivity contribution in [2.24, 2.45) is 0 Å². The smallest absolute Gasteiger partial charge is 0.243 e. The van der Waals surface area contributed by atoms with Crippen molar-refractivity contribution in [3.8, 4) is 0 Å². The molecule has 1 unspecified atom stereocenters. The predicted octanol–water partition coefficient (Wildman–Crippen LogP) is 2.93. The van der Waals surface area contributed by atoms with Crippen molar-refractivity contribution in [1.82, 2.24) is 9.62 Å². The molecule has 0 spiro atoms. The Hall–Kier alpha value is -2.65. The number of rotatable bonds is 9. The molecule has 0 saturated heterocycles. The molecule has 0 heterocycles. The van der Waals surface area contributed by atoms with Gasteiger partial charge in [-0.15, -0.1) is 0 Å². The Morgan fingerprint density at radius 3 is 2.27 bits per heavy atom. The molecule has 2 aromatic carbocycles. The first kappa shape index (κ1) is 23.6. The molecule has 2 rings (SSSR count). The zero-order valence-electron chi connectivity index (χ0n) is 17.0. The minimum Gasteiger partial charge on any atom is -0.352 e. The summed E-state index contributed by atoms with van der Waals surface area (Å²) in [4.78, 5) is 23.5. The SMILES string of the molecule is CC(=O)c1ccc(S(=O)(=O)N(C)CC(=O)NC(C)CCc2ccc(F)c(F)c2)cc1. The van der Waals surface area contributed by atoms with Crippen LogP contribution in [0, 0.1) is 11.6 Å². The number of nitrogens with one attached hydrogen (secondary N) is 1. The number of nitrogens with zero attached hydrogens (tertiary/aromatic N) is 1. The summed E-state index contributed by atoms with van der Waals surface area (Å²) in [5, 5.41) is 2.70. The first-order valence-electron chi connectivity index (χ1n) is 9.31. The number of amides is 1. The van der Waals surface area contributed by atoms with Crippen LogP contribution in [0.15, 0.2) is 47.4 Å². The number of benzene rings is 2. The van der Waals surface area contributed by atoms with Gasteiger partial charge >= 0.3 is 0 Å². The highest BCUT2D eigenvalue weighted by Crippen LogP contribution is 2.16. The number of aryl methyl sites for hydroxylation is 1. The fraction of sp³-hybridized carbons (Fsp3) is 0.333. The molecule has 30 heavy (non-hydrogen) atoms. The van der Waals surface area contributed by atoms with Gasteiger partial charge in [-0.2, -0.15) is 4.31 Å². The molecule has 9 heteroatoms. The fourth-order valence-corrected chi connectivity index (χ4v) is 3.93. The minimum absolute atomic E-state index is 0.0193. The zero-order chi connectivity index (χ0) is 22.5. The van der Waals surface area contributed by atoms with Gasteiger partial charge in [0.05, 0.1) is 11.4 Å². The summed E-state index contributed by atoms with van der Waals surface area (Å²) in [6, 6.07) is 8.84. The summed E-state index contributed by atoms with van der Waals surface area (Å²) in [6.45, 7) is 2.74. The third-order valence-electron chi connectivity index (χ3n) is 4.59. The number of Topliss-reactive ketones (excluding diaryl/α,β-unsaturated/α-hetero) is 1. The van der Waals surface area contributed by atoms with Gasteiger partial charge in [-0.25, -0.2) is 17.2 Å². The van der Waals surface area contributed by atoms with E-state index in [2.05, 4.69) is 5.32 Å². The van der Waals surface area contributed by atoms with Gasteiger partial charge in [0.2, 0.25) is 15.9 Å². The number of sulfonamides is 1. The minimum atomic E-state index is -3.89. The van der Waals surface area contributed by atoms with Gasteiger partial charge in [0.1, 0.15) is 0 Å². The molecular formula is C21H24F2N2O4S. The van der Waals surface area contributed by atoms with E-state index in [4.69, 9.17) is 0 Å². The van der Waals surface area contributed by atoms with Gasteiger partial charge in [0, 0.05) is 18.7 Å². The van der Waals surface area contributed by atoms with Crippen LogP contribution in [0.5, 0.6) is 0 Å². The second-order valence-electron chi connectivity index (χ2n) is 7.10. The van der Waals surface area contributed by atoms with E-state index in [1.807, 2.05) is 0 Å². The number of hydrogen-bond donors (Lipinski definition) is 1. The van der Waals surface area contributed by atoms with Crippen LogP contribution in [0.2, 0.25) is 0 Å². The van der Waals surface area contributed by atoms with E-state index in [-0.39, 0.29) is 23.3 Å². The van der Waals surface area contributed by atoms with Crippen LogP contribution in [0.25, 0.3) is 0 Å². The van der Waals surface area contributed by atoms with Crippen LogP contribution < -0.4 is 5.32 Å². The largest absolute Gasteiger partial charge is 0.352 e. The number of carbonyl (C=O) groups excluding carboxylic acids is 2. The van der Waals surface area contributed by atoms with Gasteiger partial charge in [0.25, 0.3) is 0 Å². The Kier molecular flexibility index (Phi) is 7.80. The van der Waals surface area contributed by atoms with Gasteiger partial charge in [-0.3, -0.25) is 9.59 Å². The van der Waals surface area contributed by atoms with Crippen LogP contribution in [0.3, 0.4) is 0 Å². The second kappa shape index (κ2) is 9.90. The summed E-state index contributed by atoms with van der Waals surface area (Å²) in [5.41, 5.74) is 0.993. The normalized spacial score (nSPS) is 12.6. The highest BCUT2D eigenvalue weighted by atomic mass is 32.2. The number of hydrogen-bond acceptors (Lipinski definition) is 4. The quantitative estimate of drug-likeness (QED) is 0.610. The topological polar surface area (TPSA) is 83.6 Å². The molecule has 0 saturated carbocycles. The van der Waals surface area contributed by atoms with Crippen molar-refractivity contribution >= 4 is 21.7 Å². The van der Waals surface area contributed by atoms with Crippen molar-refractivity contribution in [2.45, 2.75) is 37.6 Å². The van der Waals surface area contributed by atoms with Crippen molar-refractivity contribution in [3.05, 3.63) is 65.2 Å². The lowest BCUT2D eigenvalue weighted by Crippen LogP contribution is -2.41. The molecule has 0 aliphatic carbocycles. The summed E-state index contributed by atoms with van der Waals surface area (Å²) in [5.74, 6) is -2.50. The molecule has 0 aromatic heterocycles. The van der Waals surface area contributed by atoms with Crippen LogP contribution >= 0.6 is 0 Å². The molecular weight excluding hydrogens is 414 g/mol. The average molecular weight is 438 g/mol. The number of ketones is 1. The monoisotopic (exact) mass is 438 g/mol.